The second-order valence-electron chi connectivity index (χ2n) is 4.33. The molecule has 0 atom stereocenters. The van der Waals surface area contributed by atoms with Crippen LogP contribution in [-0.4, -0.2) is 14.3 Å². The van der Waals surface area contributed by atoms with E-state index in [2.05, 4.69) is 5.32 Å². The third-order valence-electron chi connectivity index (χ3n) is 2.77. The Morgan fingerprint density at radius 3 is 2.59 bits per heavy atom. The van der Waals surface area contributed by atoms with Crippen LogP contribution in [0.2, 0.25) is 0 Å². The van der Waals surface area contributed by atoms with Gasteiger partial charge in [0.25, 0.3) is 5.91 Å². The molecule has 0 aliphatic carbocycles. The predicted octanol–water partition coefficient (Wildman–Crippen LogP) is 1.60. The van der Waals surface area contributed by atoms with Crippen LogP contribution in [0.4, 0.5) is 10.1 Å². The molecule has 2 rings (SSSR count). The molecule has 2 aromatic carbocycles. The molecule has 0 aromatic heterocycles. The average molecular weight is 319 g/mol. The normalized spacial score (nSPS) is 10.8. The lowest BCUT2D eigenvalue weighted by atomic mass is 10.2. The van der Waals surface area contributed by atoms with Crippen molar-refractivity contribution in [1.29, 1.82) is 5.26 Å². The van der Waals surface area contributed by atoms with Gasteiger partial charge in [0.15, 0.2) is 0 Å². The van der Waals surface area contributed by atoms with Crippen molar-refractivity contribution in [3.05, 3.63) is 59.4 Å². The summed E-state index contributed by atoms with van der Waals surface area (Å²) in [5.74, 6) is -1.31. The van der Waals surface area contributed by atoms with Gasteiger partial charge in [-0.15, -0.1) is 0 Å². The van der Waals surface area contributed by atoms with E-state index in [0.717, 1.165) is 12.1 Å². The first-order valence-corrected chi connectivity index (χ1v) is 7.50. The highest BCUT2D eigenvalue weighted by Crippen LogP contribution is 2.16. The molecular formula is C14H10FN3O3S. The first-order chi connectivity index (χ1) is 10.3. The van der Waals surface area contributed by atoms with Gasteiger partial charge in [0.05, 0.1) is 10.5 Å². The van der Waals surface area contributed by atoms with Crippen molar-refractivity contribution in [1.82, 2.24) is 0 Å². The summed E-state index contributed by atoms with van der Waals surface area (Å²) in [6.45, 7) is 0. The molecule has 112 valence electrons. The number of hydrogen-bond donors (Lipinski definition) is 2. The van der Waals surface area contributed by atoms with Crippen LogP contribution >= 0.6 is 0 Å². The largest absolute Gasteiger partial charge is 0.322 e. The minimum Gasteiger partial charge on any atom is -0.322 e. The number of carbonyl (C=O) groups is 1. The molecule has 0 aliphatic heterocycles. The Morgan fingerprint density at radius 2 is 1.95 bits per heavy atom. The van der Waals surface area contributed by atoms with Crippen molar-refractivity contribution in [3.63, 3.8) is 0 Å². The number of nitrogens with one attached hydrogen (secondary N) is 1. The molecule has 0 fully saturated rings. The van der Waals surface area contributed by atoms with E-state index in [9.17, 15) is 17.6 Å². The van der Waals surface area contributed by atoms with Crippen molar-refractivity contribution >= 4 is 21.6 Å². The lowest BCUT2D eigenvalue weighted by Gasteiger charge is -2.07. The Hall–Kier alpha value is -2.76. The number of benzene rings is 2. The number of amides is 1. The maximum Gasteiger partial charge on any atom is 0.255 e. The molecule has 0 aliphatic rings. The SMILES string of the molecule is N#Cc1cc(NC(=O)c2cccc(S(N)(=O)=O)c2)ccc1F. The molecule has 0 saturated carbocycles. The molecule has 3 N–H and O–H groups in total. The van der Waals surface area contributed by atoms with Gasteiger partial charge in [-0.05, 0) is 36.4 Å². The van der Waals surface area contributed by atoms with Crippen molar-refractivity contribution in [2.75, 3.05) is 5.32 Å². The third kappa shape index (κ3) is 3.46. The monoisotopic (exact) mass is 319 g/mol. The number of hydrogen-bond acceptors (Lipinski definition) is 4. The summed E-state index contributed by atoms with van der Waals surface area (Å²) in [5, 5.41) is 16.2. The highest BCUT2D eigenvalue weighted by atomic mass is 32.2. The topological polar surface area (TPSA) is 113 Å². The molecule has 0 radical (unpaired) electrons. The average Bonchev–Trinajstić information content (AvgIpc) is 2.48. The number of sulfonamides is 1. The molecule has 8 heteroatoms. The summed E-state index contributed by atoms with van der Waals surface area (Å²) in [6, 6.07) is 10.3. The number of nitrogens with zero attached hydrogens (tertiary/aromatic N) is 1. The second kappa shape index (κ2) is 5.93. The third-order valence-corrected chi connectivity index (χ3v) is 3.68. The Labute approximate surface area is 126 Å². The van der Waals surface area contributed by atoms with Gasteiger partial charge in [0, 0.05) is 11.3 Å². The van der Waals surface area contributed by atoms with Gasteiger partial charge in [-0.25, -0.2) is 17.9 Å². The van der Waals surface area contributed by atoms with Gasteiger partial charge in [-0.1, -0.05) is 6.07 Å². The Bertz CT molecular complexity index is 888. The van der Waals surface area contributed by atoms with Crippen LogP contribution in [0.1, 0.15) is 15.9 Å². The van der Waals surface area contributed by atoms with Gasteiger partial charge < -0.3 is 5.32 Å². The standard InChI is InChI=1S/C14H10FN3O3S/c15-13-5-4-11(6-10(13)8-16)18-14(19)9-2-1-3-12(7-9)22(17,20)21/h1-7H,(H,18,19)(H2,17,20,21). The fraction of sp³-hybridized carbons (Fsp3) is 0. The van der Waals surface area contributed by atoms with Gasteiger partial charge in [-0.3, -0.25) is 4.79 Å². The first-order valence-electron chi connectivity index (χ1n) is 5.95. The number of halogens is 1. The number of rotatable bonds is 3. The van der Waals surface area contributed by atoms with E-state index >= 15 is 0 Å². The molecule has 1 amide bonds. The van der Waals surface area contributed by atoms with Gasteiger partial charge >= 0.3 is 0 Å². The first kappa shape index (κ1) is 15.6. The number of primary sulfonamides is 1. The second-order valence-corrected chi connectivity index (χ2v) is 5.89. The molecule has 0 bridgehead atoms. The van der Waals surface area contributed by atoms with E-state index in [0.29, 0.717) is 0 Å². The van der Waals surface area contributed by atoms with E-state index in [1.165, 1.54) is 30.3 Å². The summed E-state index contributed by atoms with van der Waals surface area (Å²) in [4.78, 5) is 11.9. The lowest BCUT2D eigenvalue weighted by molar-refractivity contribution is 0.102. The maximum absolute atomic E-state index is 13.2. The summed E-state index contributed by atoms with van der Waals surface area (Å²) in [6.07, 6.45) is 0. The molecule has 0 unspecified atom stereocenters. The summed E-state index contributed by atoms with van der Waals surface area (Å²) >= 11 is 0. The number of nitriles is 1. The smallest absolute Gasteiger partial charge is 0.255 e. The molecule has 22 heavy (non-hydrogen) atoms. The van der Waals surface area contributed by atoms with Crippen molar-refractivity contribution in [3.8, 4) is 6.07 Å². The van der Waals surface area contributed by atoms with Crippen LogP contribution in [0.15, 0.2) is 47.4 Å². The fourth-order valence-electron chi connectivity index (χ4n) is 1.71. The van der Waals surface area contributed by atoms with Crippen LogP contribution in [0.25, 0.3) is 0 Å². The maximum atomic E-state index is 13.2. The minimum absolute atomic E-state index is 0.0642. The molecule has 0 spiro atoms. The van der Waals surface area contributed by atoms with Crippen LogP contribution in [0.5, 0.6) is 0 Å². The van der Waals surface area contributed by atoms with Crippen LogP contribution in [0, 0.1) is 17.1 Å². The van der Waals surface area contributed by atoms with Gasteiger partial charge in [0.1, 0.15) is 11.9 Å². The molecule has 2 aromatic rings. The predicted molar refractivity (Wildman–Crippen MR) is 76.9 cm³/mol. The van der Waals surface area contributed by atoms with E-state index < -0.39 is 21.7 Å². The highest BCUT2D eigenvalue weighted by Gasteiger charge is 2.13. The zero-order valence-corrected chi connectivity index (χ0v) is 11.9. The molecule has 6 nitrogen and oxygen atoms in total. The summed E-state index contributed by atoms with van der Waals surface area (Å²) in [7, 11) is -3.92. The van der Waals surface area contributed by atoms with Crippen LogP contribution in [-0.2, 0) is 10.0 Å². The van der Waals surface area contributed by atoms with Crippen molar-refractivity contribution in [2.45, 2.75) is 4.90 Å². The van der Waals surface area contributed by atoms with Gasteiger partial charge in [-0.2, -0.15) is 5.26 Å². The summed E-state index contributed by atoms with van der Waals surface area (Å²) < 4.78 is 35.7. The van der Waals surface area contributed by atoms with Crippen LogP contribution < -0.4 is 10.5 Å². The van der Waals surface area contributed by atoms with E-state index in [1.54, 1.807) is 6.07 Å². The summed E-state index contributed by atoms with van der Waals surface area (Å²) in [5.41, 5.74) is 0.0643. The van der Waals surface area contributed by atoms with Gasteiger partial charge in [0.2, 0.25) is 10.0 Å². The minimum atomic E-state index is -3.92. The van der Waals surface area contributed by atoms with Crippen LogP contribution in [0.3, 0.4) is 0 Å². The lowest BCUT2D eigenvalue weighted by Crippen LogP contribution is -2.15. The fourth-order valence-corrected chi connectivity index (χ4v) is 2.27. The molecule has 0 heterocycles. The molecular weight excluding hydrogens is 309 g/mol. The number of carbonyl (C=O) groups excluding carboxylic acids is 1. The van der Waals surface area contributed by atoms with E-state index in [-0.39, 0.29) is 21.7 Å². The zero-order valence-electron chi connectivity index (χ0n) is 11.1. The Kier molecular flexibility index (Phi) is 4.21. The number of anilines is 1. The molecule has 0 saturated heterocycles. The Morgan fingerprint density at radius 1 is 1.23 bits per heavy atom. The quantitative estimate of drug-likeness (QED) is 0.894. The van der Waals surface area contributed by atoms with E-state index in [4.69, 9.17) is 10.4 Å². The van der Waals surface area contributed by atoms with Crippen molar-refractivity contribution < 1.29 is 17.6 Å². The zero-order chi connectivity index (χ0) is 16.3. The van der Waals surface area contributed by atoms with Crippen molar-refractivity contribution in [2.24, 2.45) is 5.14 Å². The van der Waals surface area contributed by atoms with E-state index in [1.807, 2.05) is 0 Å². The number of nitrogens with two attached hydrogens (primary N) is 1. The highest BCUT2D eigenvalue weighted by molar-refractivity contribution is 7.89. The Balaban J connectivity index is 2.29.